The first-order valence-corrected chi connectivity index (χ1v) is 9.49. The van der Waals surface area contributed by atoms with Gasteiger partial charge in [0.2, 0.25) is 5.91 Å². The topological polar surface area (TPSA) is 55.2 Å². The van der Waals surface area contributed by atoms with E-state index in [0.29, 0.717) is 17.6 Å². The summed E-state index contributed by atoms with van der Waals surface area (Å²) in [4.78, 5) is 31.4. The summed E-state index contributed by atoms with van der Waals surface area (Å²) in [5, 5.41) is 0.730. The predicted octanol–water partition coefficient (Wildman–Crippen LogP) is 3.28. The third-order valence-corrected chi connectivity index (χ3v) is 5.53. The third kappa shape index (κ3) is 3.60. The van der Waals surface area contributed by atoms with E-state index in [-0.39, 0.29) is 24.1 Å². The Morgan fingerprint density at radius 3 is 2.78 bits per heavy atom. The molecule has 0 saturated carbocycles. The lowest BCUT2D eigenvalue weighted by molar-refractivity contribution is -0.132. The van der Waals surface area contributed by atoms with Gasteiger partial charge in [0.05, 0.1) is 17.2 Å². The number of fused-ring (bicyclic) bond motifs is 1. The summed E-state index contributed by atoms with van der Waals surface area (Å²) in [6, 6.07) is 15.2. The standard InChI is InChI=1S/C21H20ClN3O2/c22-17-8-2-1-6-15(17)12-16-7-5-11-24(16)21(27)14-25-19-10-4-3-9-18(19)23-13-20(25)26/h1-4,6,8-10,13,16H,5,7,11-12,14H2. The number of nitrogens with zero attached hydrogens (tertiary/aromatic N) is 3. The van der Waals surface area contributed by atoms with Crippen molar-refractivity contribution in [3.8, 4) is 0 Å². The largest absolute Gasteiger partial charge is 0.338 e. The summed E-state index contributed by atoms with van der Waals surface area (Å²) in [6.45, 7) is 0.743. The van der Waals surface area contributed by atoms with Crippen LogP contribution in [-0.4, -0.2) is 32.9 Å². The molecule has 1 fully saturated rings. The minimum Gasteiger partial charge on any atom is -0.338 e. The first-order valence-electron chi connectivity index (χ1n) is 9.11. The van der Waals surface area contributed by atoms with E-state index in [1.165, 1.54) is 10.8 Å². The van der Waals surface area contributed by atoms with E-state index in [1.807, 2.05) is 53.4 Å². The molecule has 0 radical (unpaired) electrons. The summed E-state index contributed by atoms with van der Waals surface area (Å²) in [5.74, 6) is -0.0389. The minimum absolute atomic E-state index is 0.0287. The van der Waals surface area contributed by atoms with Gasteiger partial charge in [-0.2, -0.15) is 0 Å². The minimum atomic E-state index is -0.260. The Labute approximate surface area is 162 Å². The highest BCUT2D eigenvalue weighted by atomic mass is 35.5. The van der Waals surface area contributed by atoms with Crippen LogP contribution in [0.5, 0.6) is 0 Å². The molecule has 0 spiro atoms. The second-order valence-corrected chi connectivity index (χ2v) is 7.26. The Balaban J connectivity index is 1.57. The van der Waals surface area contributed by atoms with Crippen LogP contribution >= 0.6 is 11.6 Å². The fourth-order valence-corrected chi connectivity index (χ4v) is 4.01. The number of aromatic nitrogens is 2. The van der Waals surface area contributed by atoms with Crippen LogP contribution in [0.3, 0.4) is 0 Å². The third-order valence-electron chi connectivity index (χ3n) is 5.16. The van der Waals surface area contributed by atoms with Crippen molar-refractivity contribution in [2.75, 3.05) is 6.54 Å². The van der Waals surface area contributed by atoms with E-state index < -0.39 is 0 Å². The fraction of sp³-hybridized carbons (Fsp3) is 0.286. The smallest absolute Gasteiger partial charge is 0.269 e. The van der Waals surface area contributed by atoms with Gasteiger partial charge in [0.25, 0.3) is 5.56 Å². The normalized spacial score (nSPS) is 16.8. The lowest BCUT2D eigenvalue weighted by Crippen LogP contribution is -2.40. The van der Waals surface area contributed by atoms with Crippen molar-refractivity contribution in [1.29, 1.82) is 0 Å². The SMILES string of the molecule is O=C(Cn1c(=O)cnc2ccccc21)N1CCCC1Cc1ccccc1Cl. The molecule has 1 atom stereocenters. The van der Waals surface area contributed by atoms with Gasteiger partial charge in [-0.3, -0.25) is 14.2 Å². The number of carbonyl (C=O) groups is 1. The van der Waals surface area contributed by atoms with Crippen LogP contribution in [0.4, 0.5) is 0 Å². The quantitative estimate of drug-likeness (QED) is 0.696. The molecule has 1 amide bonds. The Hall–Kier alpha value is -2.66. The Bertz CT molecular complexity index is 1050. The number of amides is 1. The molecule has 1 aliphatic heterocycles. The molecule has 27 heavy (non-hydrogen) atoms. The molecule has 2 aromatic carbocycles. The molecule has 0 N–H and O–H groups in total. The molecular weight excluding hydrogens is 362 g/mol. The number of para-hydroxylation sites is 2. The molecule has 0 aliphatic carbocycles. The molecule has 0 bridgehead atoms. The van der Waals surface area contributed by atoms with Crippen LogP contribution in [0.15, 0.2) is 59.5 Å². The van der Waals surface area contributed by atoms with Crippen molar-refractivity contribution in [3.05, 3.63) is 75.7 Å². The second-order valence-electron chi connectivity index (χ2n) is 6.85. The van der Waals surface area contributed by atoms with Gasteiger partial charge in [-0.1, -0.05) is 41.9 Å². The lowest BCUT2D eigenvalue weighted by atomic mass is 10.0. The summed E-state index contributed by atoms with van der Waals surface area (Å²) in [7, 11) is 0. The van der Waals surface area contributed by atoms with Crippen molar-refractivity contribution in [2.24, 2.45) is 0 Å². The summed E-state index contributed by atoms with van der Waals surface area (Å²) in [6.07, 6.45) is 3.92. The molecule has 1 aromatic heterocycles. The molecule has 1 aliphatic rings. The summed E-state index contributed by atoms with van der Waals surface area (Å²) in [5.41, 5.74) is 2.18. The van der Waals surface area contributed by atoms with Crippen molar-refractivity contribution < 1.29 is 4.79 Å². The van der Waals surface area contributed by atoms with E-state index in [0.717, 1.165) is 29.8 Å². The molecule has 3 aromatic rings. The van der Waals surface area contributed by atoms with Gasteiger partial charge in [0, 0.05) is 17.6 Å². The second kappa shape index (κ2) is 7.53. The van der Waals surface area contributed by atoms with Gasteiger partial charge in [0.15, 0.2) is 0 Å². The number of hydrogen-bond acceptors (Lipinski definition) is 3. The molecule has 4 rings (SSSR count). The van der Waals surface area contributed by atoms with Gasteiger partial charge >= 0.3 is 0 Å². The van der Waals surface area contributed by atoms with Crippen LogP contribution in [0.2, 0.25) is 5.02 Å². The summed E-state index contributed by atoms with van der Waals surface area (Å²) >= 11 is 6.29. The van der Waals surface area contributed by atoms with E-state index >= 15 is 0 Å². The van der Waals surface area contributed by atoms with Gasteiger partial charge in [-0.25, -0.2) is 4.98 Å². The highest BCUT2D eigenvalue weighted by molar-refractivity contribution is 6.31. The number of carbonyl (C=O) groups excluding carboxylic acids is 1. The van der Waals surface area contributed by atoms with Crippen LogP contribution in [0.25, 0.3) is 11.0 Å². The molecule has 6 heteroatoms. The maximum atomic E-state index is 13.0. The highest BCUT2D eigenvalue weighted by Crippen LogP contribution is 2.25. The Morgan fingerprint density at radius 1 is 1.15 bits per heavy atom. The van der Waals surface area contributed by atoms with Crippen LogP contribution in [-0.2, 0) is 17.8 Å². The molecule has 1 saturated heterocycles. The van der Waals surface area contributed by atoms with E-state index in [1.54, 1.807) is 0 Å². The average Bonchev–Trinajstić information content (AvgIpc) is 3.14. The molecule has 138 valence electrons. The highest BCUT2D eigenvalue weighted by Gasteiger charge is 2.29. The van der Waals surface area contributed by atoms with E-state index in [2.05, 4.69) is 4.98 Å². The zero-order valence-corrected chi connectivity index (χ0v) is 15.6. The van der Waals surface area contributed by atoms with E-state index in [9.17, 15) is 9.59 Å². The average molecular weight is 382 g/mol. The predicted molar refractivity (Wildman–Crippen MR) is 106 cm³/mol. The maximum absolute atomic E-state index is 13.0. The Kier molecular flexibility index (Phi) is 4.94. The molecule has 1 unspecified atom stereocenters. The van der Waals surface area contributed by atoms with Gasteiger partial charge in [0.1, 0.15) is 6.54 Å². The first-order chi connectivity index (χ1) is 13.1. The van der Waals surface area contributed by atoms with Gasteiger partial charge in [-0.15, -0.1) is 0 Å². The number of hydrogen-bond donors (Lipinski definition) is 0. The fourth-order valence-electron chi connectivity index (χ4n) is 3.80. The number of halogens is 1. The van der Waals surface area contributed by atoms with Crippen molar-refractivity contribution in [2.45, 2.75) is 31.8 Å². The first kappa shape index (κ1) is 17.7. The molecule has 2 heterocycles. The molecule has 5 nitrogen and oxygen atoms in total. The number of benzene rings is 2. The molecular formula is C21H20ClN3O2. The monoisotopic (exact) mass is 381 g/mol. The zero-order chi connectivity index (χ0) is 18.8. The van der Waals surface area contributed by atoms with Crippen LogP contribution in [0, 0.1) is 0 Å². The van der Waals surface area contributed by atoms with E-state index in [4.69, 9.17) is 11.6 Å². The Morgan fingerprint density at radius 2 is 1.93 bits per heavy atom. The van der Waals surface area contributed by atoms with Crippen LogP contribution < -0.4 is 5.56 Å². The van der Waals surface area contributed by atoms with Crippen molar-refractivity contribution >= 4 is 28.5 Å². The van der Waals surface area contributed by atoms with Crippen molar-refractivity contribution in [1.82, 2.24) is 14.5 Å². The van der Waals surface area contributed by atoms with Gasteiger partial charge in [-0.05, 0) is 43.0 Å². The zero-order valence-electron chi connectivity index (χ0n) is 14.8. The lowest BCUT2D eigenvalue weighted by Gasteiger charge is -2.26. The van der Waals surface area contributed by atoms with Gasteiger partial charge < -0.3 is 4.90 Å². The summed E-state index contributed by atoms with van der Waals surface area (Å²) < 4.78 is 1.51. The van der Waals surface area contributed by atoms with Crippen LogP contribution in [0.1, 0.15) is 18.4 Å². The number of likely N-dealkylation sites (tertiary alicyclic amines) is 1. The maximum Gasteiger partial charge on any atom is 0.269 e. The van der Waals surface area contributed by atoms with Crippen molar-refractivity contribution in [3.63, 3.8) is 0 Å². The number of rotatable bonds is 4.